The van der Waals surface area contributed by atoms with Gasteiger partial charge in [-0.3, -0.25) is 9.59 Å². The highest BCUT2D eigenvalue weighted by Gasteiger charge is 2.15. The molecule has 0 heterocycles. The van der Waals surface area contributed by atoms with Crippen LogP contribution >= 0.6 is 0 Å². The molecule has 0 rings (SSSR count). The summed E-state index contributed by atoms with van der Waals surface area (Å²) in [6.07, 6.45) is 36.8. The minimum absolute atomic E-state index is 0.0326. The molecular weight excluding hydrogens is 644 g/mol. The van der Waals surface area contributed by atoms with Gasteiger partial charge in [0.1, 0.15) is 19.3 Å². The second-order valence-electron chi connectivity index (χ2n) is 14.0. The maximum Gasteiger partial charge on any atom is 0.305 e. The molecule has 0 fully saturated rings. The minimum atomic E-state index is -1.09. The van der Waals surface area contributed by atoms with Crippen LogP contribution in [-0.2, 0) is 19.1 Å². The molecule has 0 saturated carbocycles. The average molecular weight is 721 g/mol. The predicted molar refractivity (Wildman–Crippen MR) is 209 cm³/mol. The van der Waals surface area contributed by atoms with E-state index in [0.717, 1.165) is 44.9 Å². The summed E-state index contributed by atoms with van der Waals surface area (Å²) in [6, 6.07) is 0. The first-order valence-electron chi connectivity index (χ1n) is 20.5. The molecule has 0 bridgehead atoms. The molecule has 0 unspecified atom stereocenters. The number of carbonyl (C=O) groups is 2. The highest BCUT2D eigenvalue weighted by molar-refractivity contribution is 5.69. The summed E-state index contributed by atoms with van der Waals surface area (Å²) >= 11 is 0. The second-order valence-corrected chi connectivity index (χ2v) is 14.0. The van der Waals surface area contributed by atoms with E-state index in [-0.39, 0.29) is 32.0 Å². The van der Waals surface area contributed by atoms with Crippen molar-refractivity contribution in [2.45, 2.75) is 199 Å². The van der Waals surface area contributed by atoms with Gasteiger partial charge in [-0.05, 0) is 25.7 Å². The van der Waals surface area contributed by atoms with E-state index in [1.54, 1.807) is 36.5 Å². The van der Waals surface area contributed by atoms with E-state index in [4.69, 9.17) is 9.47 Å². The van der Waals surface area contributed by atoms with E-state index < -0.39 is 30.4 Å². The number of aliphatic hydroxyl groups is 4. The van der Waals surface area contributed by atoms with Crippen LogP contribution in [0.15, 0.2) is 48.6 Å². The Morgan fingerprint density at radius 2 is 0.863 bits per heavy atom. The van der Waals surface area contributed by atoms with Gasteiger partial charge in [0.25, 0.3) is 0 Å². The van der Waals surface area contributed by atoms with Crippen molar-refractivity contribution in [3.63, 3.8) is 0 Å². The average Bonchev–Trinajstić information content (AvgIpc) is 3.12. The van der Waals surface area contributed by atoms with Crippen molar-refractivity contribution in [3.8, 4) is 0 Å². The van der Waals surface area contributed by atoms with Crippen molar-refractivity contribution in [1.29, 1.82) is 0 Å². The molecule has 51 heavy (non-hydrogen) atoms. The smallest absolute Gasteiger partial charge is 0.305 e. The number of ether oxygens (including phenoxy) is 2. The molecule has 0 aromatic rings. The van der Waals surface area contributed by atoms with Crippen molar-refractivity contribution >= 4 is 11.9 Å². The van der Waals surface area contributed by atoms with Crippen LogP contribution in [0.5, 0.6) is 0 Å². The summed E-state index contributed by atoms with van der Waals surface area (Å²) < 4.78 is 10.2. The molecule has 0 spiro atoms. The Morgan fingerprint density at radius 3 is 1.35 bits per heavy atom. The zero-order valence-corrected chi connectivity index (χ0v) is 32.4. The molecule has 4 atom stereocenters. The standard InChI is InChI=1S/C43H76O8/c1-3-5-7-8-9-10-11-12-13-14-15-16-17-18-19-24-28-34-42(48)50-36-39(45)37-51-43(49)35-29-33-41(47)40(46)32-27-23-21-20-22-26-31-38(44)30-25-6-4-2/h20-23,26-27,31-32,38-41,44-47H,3-19,24-25,28-30,33-37H2,1-2H3/b22-20-,23-21+,31-26+,32-27+/t38-,39+,40-,41-/m1/s1. The molecule has 0 aliphatic rings. The number of rotatable bonds is 36. The minimum Gasteiger partial charge on any atom is -0.463 e. The lowest BCUT2D eigenvalue weighted by atomic mass is 10.0. The monoisotopic (exact) mass is 721 g/mol. The Kier molecular flexibility index (Phi) is 35.8. The Labute approximate surface area is 311 Å². The normalized spacial score (nSPS) is 14.5. The van der Waals surface area contributed by atoms with Gasteiger partial charge in [-0.2, -0.15) is 0 Å². The van der Waals surface area contributed by atoms with Crippen molar-refractivity contribution in [2.24, 2.45) is 0 Å². The zero-order valence-electron chi connectivity index (χ0n) is 32.4. The Bertz CT molecular complexity index is 912. The fraction of sp³-hybridized carbons (Fsp3) is 0.767. The van der Waals surface area contributed by atoms with Crippen LogP contribution in [0.4, 0.5) is 0 Å². The van der Waals surface area contributed by atoms with Crippen molar-refractivity contribution in [2.75, 3.05) is 13.2 Å². The van der Waals surface area contributed by atoms with Crippen molar-refractivity contribution < 1.29 is 39.5 Å². The summed E-state index contributed by atoms with van der Waals surface area (Å²) in [5, 5.41) is 40.1. The first kappa shape index (κ1) is 48.7. The van der Waals surface area contributed by atoms with Gasteiger partial charge in [0.15, 0.2) is 0 Å². The van der Waals surface area contributed by atoms with Crippen LogP contribution in [0.2, 0.25) is 0 Å². The molecule has 0 aliphatic carbocycles. The molecule has 296 valence electrons. The third kappa shape index (κ3) is 35.9. The molecule has 0 amide bonds. The quantitative estimate of drug-likeness (QED) is 0.0286. The molecule has 8 heteroatoms. The number of aliphatic hydroxyl groups excluding tert-OH is 4. The highest BCUT2D eigenvalue weighted by atomic mass is 16.6. The van der Waals surface area contributed by atoms with E-state index in [1.807, 2.05) is 6.08 Å². The van der Waals surface area contributed by atoms with Gasteiger partial charge in [0, 0.05) is 12.8 Å². The topological polar surface area (TPSA) is 134 Å². The Balaban J connectivity index is 3.74. The maximum absolute atomic E-state index is 12.0. The van der Waals surface area contributed by atoms with Crippen LogP contribution in [0.1, 0.15) is 174 Å². The number of unbranched alkanes of at least 4 members (excludes halogenated alkanes) is 18. The lowest BCUT2D eigenvalue weighted by Crippen LogP contribution is -2.26. The predicted octanol–water partition coefficient (Wildman–Crippen LogP) is 9.53. The van der Waals surface area contributed by atoms with Gasteiger partial charge < -0.3 is 29.9 Å². The molecule has 0 radical (unpaired) electrons. The van der Waals surface area contributed by atoms with Crippen LogP contribution < -0.4 is 0 Å². The zero-order chi connectivity index (χ0) is 37.6. The molecule has 0 aliphatic heterocycles. The van der Waals surface area contributed by atoms with E-state index in [9.17, 15) is 30.0 Å². The van der Waals surface area contributed by atoms with Gasteiger partial charge in [-0.15, -0.1) is 0 Å². The maximum atomic E-state index is 12.0. The van der Waals surface area contributed by atoms with Crippen molar-refractivity contribution in [3.05, 3.63) is 48.6 Å². The Hall–Kier alpha value is -2.26. The van der Waals surface area contributed by atoms with Gasteiger partial charge in [0.2, 0.25) is 0 Å². The van der Waals surface area contributed by atoms with Gasteiger partial charge in [-0.25, -0.2) is 0 Å². The number of allylic oxidation sites excluding steroid dienone is 6. The van der Waals surface area contributed by atoms with E-state index in [1.165, 1.54) is 96.0 Å². The van der Waals surface area contributed by atoms with E-state index in [0.29, 0.717) is 12.8 Å². The summed E-state index contributed by atoms with van der Waals surface area (Å²) in [5.74, 6) is -0.880. The van der Waals surface area contributed by atoms with Crippen LogP contribution in [0.3, 0.4) is 0 Å². The van der Waals surface area contributed by atoms with Crippen LogP contribution in [0, 0.1) is 0 Å². The number of esters is 2. The highest BCUT2D eigenvalue weighted by Crippen LogP contribution is 2.15. The molecule has 0 aromatic carbocycles. The second kappa shape index (κ2) is 37.5. The molecule has 8 nitrogen and oxygen atoms in total. The largest absolute Gasteiger partial charge is 0.463 e. The SMILES string of the molecule is CCCCCCCCCCCCCCCCCCCC(=O)OC[C@H](O)COC(=O)CCC[C@@H](O)[C@H](O)/C=C/C=C/C=C\C=C\[C@H](O)CCCCC. The van der Waals surface area contributed by atoms with Gasteiger partial charge in [0.05, 0.1) is 18.3 Å². The first-order valence-corrected chi connectivity index (χ1v) is 20.5. The summed E-state index contributed by atoms with van der Waals surface area (Å²) in [7, 11) is 0. The van der Waals surface area contributed by atoms with E-state index >= 15 is 0 Å². The fourth-order valence-electron chi connectivity index (χ4n) is 5.65. The number of carbonyl (C=O) groups excluding carboxylic acids is 2. The molecule has 0 saturated heterocycles. The molecule has 0 aromatic heterocycles. The molecule has 4 N–H and O–H groups in total. The molecular formula is C43H76O8. The van der Waals surface area contributed by atoms with Gasteiger partial charge in [-0.1, -0.05) is 184 Å². The summed E-state index contributed by atoms with van der Waals surface area (Å²) in [5.41, 5.74) is 0. The van der Waals surface area contributed by atoms with E-state index in [2.05, 4.69) is 13.8 Å². The third-order valence-corrected chi connectivity index (χ3v) is 8.93. The lowest BCUT2D eigenvalue weighted by molar-refractivity contribution is -0.152. The van der Waals surface area contributed by atoms with Crippen molar-refractivity contribution in [1.82, 2.24) is 0 Å². The Morgan fingerprint density at radius 1 is 0.471 bits per heavy atom. The summed E-state index contributed by atoms with van der Waals surface area (Å²) in [6.45, 7) is 3.91. The fourth-order valence-corrected chi connectivity index (χ4v) is 5.65. The third-order valence-electron chi connectivity index (χ3n) is 8.93. The lowest BCUT2D eigenvalue weighted by Gasteiger charge is -2.14. The first-order chi connectivity index (χ1) is 24.8. The van der Waals surface area contributed by atoms with Crippen LogP contribution in [0.25, 0.3) is 0 Å². The summed E-state index contributed by atoms with van der Waals surface area (Å²) in [4.78, 5) is 24.0. The van der Waals surface area contributed by atoms with Gasteiger partial charge >= 0.3 is 11.9 Å². The van der Waals surface area contributed by atoms with Crippen LogP contribution in [-0.4, -0.2) is 70.0 Å². The number of hydrogen-bond acceptors (Lipinski definition) is 8. The number of hydrogen-bond donors (Lipinski definition) is 4.